The number of nitrogens with one attached hydrogen (secondary N) is 1. The lowest BCUT2D eigenvalue weighted by molar-refractivity contribution is 0.0600. The SMILES string of the molecule is COC(=O)c1cc(COc2cccc(CO)c2)cc(-c2cccc(C(=N)N)c2)c1. The third-order valence-corrected chi connectivity index (χ3v) is 4.41. The normalized spacial score (nSPS) is 10.4. The molecule has 3 aromatic carbocycles. The standard InChI is InChI=1S/C23H22N2O4/c1-28-23(27)20-9-16(14-29-21-7-2-4-15(10-21)13-26)8-19(12-20)17-5-3-6-18(11-17)22(24)25/h2-12,26H,13-14H2,1H3,(H3,24,25). The summed E-state index contributed by atoms with van der Waals surface area (Å²) in [4.78, 5) is 12.1. The first-order valence-electron chi connectivity index (χ1n) is 9.00. The predicted molar refractivity (Wildman–Crippen MR) is 111 cm³/mol. The number of ether oxygens (including phenoxy) is 2. The van der Waals surface area contributed by atoms with E-state index in [1.165, 1.54) is 7.11 Å². The van der Waals surface area contributed by atoms with E-state index in [1.54, 1.807) is 36.4 Å². The zero-order valence-corrected chi connectivity index (χ0v) is 16.0. The van der Waals surface area contributed by atoms with E-state index in [2.05, 4.69) is 0 Å². The van der Waals surface area contributed by atoms with Gasteiger partial charge in [0.1, 0.15) is 18.2 Å². The van der Waals surface area contributed by atoms with Gasteiger partial charge >= 0.3 is 5.97 Å². The Morgan fingerprint density at radius 2 is 1.72 bits per heavy atom. The van der Waals surface area contributed by atoms with Gasteiger partial charge in [-0.25, -0.2) is 4.79 Å². The number of hydrogen-bond donors (Lipinski definition) is 3. The average Bonchev–Trinajstić information content (AvgIpc) is 2.77. The van der Waals surface area contributed by atoms with Crippen molar-refractivity contribution in [3.8, 4) is 16.9 Å². The molecule has 6 heteroatoms. The van der Waals surface area contributed by atoms with Crippen LogP contribution in [0.25, 0.3) is 11.1 Å². The molecule has 0 radical (unpaired) electrons. The van der Waals surface area contributed by atoms with Gasteiger partial charge in [-0.3, -0.25) is 5.41 Å². The molecule has 0 saturated heterocycles. The highest BCUT2D eigenvalue weighted by molar-refractivity contribution is 5.96. The number of hydrogen-bond acceptors (Lipinski definition) is 5. The van der Waals surface area contributed by atoms with Crippen LogP contribution >= 0.6 is 0 Å². The molecule has 6 nitrogen and oxygen atoms in total. The van der Waals surface area contributed by atoms with Crippen molar-refractivity contribution in [2.24, 2.45) is 5.73 Å². The van der Waals surface area contributed by atoms with Crippen LogP contribution in [0.3, 0.4) is 0 Å². The number of nitrogens with two attached hydrogens (primary N) is 1. The number of benzene rings is 3. The van der Waals surface area contributed by atoms with Crippen LogP contribution in [0, 0.1) is 5.41 Å². The molecule has 0 bridgehead atoms. The molecule has 0 aliphatic rings. The van der Waals surface area contributed by atoms with E-state index in [1.807, 2.05) is 30.3 Å². The fourth-order valence-electron chi connectivity index (χ4n) is 2.94. The number of methoxy groups -OCH3 is 1. The number of esters is 1. The molecule has 0 aliphatic carbocycles. The van der Waals surface area contributed by atoms with Crippen LogP contribution in [-0.4, -0.2) is 24.0 Å². The van der Waals surface area contributed by atoms with Gasteiger partial charge in [-0.05, 0) is 58.7 Å². The van der Waals surface area contributed by atoms with E-state index >= 15 is 0 Å². The monoisotopic (exact) mass is 390 g/mol. The molecule has 0 atom stereocenters. The lowest BCUT2D eigenvalue weighted by atomic mass is 9.98. The lowest BCUT2D eigenvalue weighted by Crippen LogP contribution is -2.10. The number of aliphatic hydroxyl groups excluding tert-OH is 1. The molecule has 0 spiro atoms. The van der Waals surface area contributed by atoms with Crippen molar-refractivity contribution in [2.75, 3.05) is 7.11 Å². The Balaban J connectivity index is 1.94. The van der Waals surface area contributed by atoms with Gasteiger partial charge in [0.05, 0.1) is 19.3 Å². The molecule has 4 N–H and O–H groups in total. The fraction of sp³-hybridized carbons (Fsp3) is 0.130. The Labute approximate surface area is 169 Å². The van der Waals surface area contributed by atoms with Gasteiger partial charge in [0.15, 0.2) is 0 Å². The molecule has 3 aromatic rings. The Morgan fingerprint density at radius 1 is 0.966 bits per heavy atom. The van der Waals surface area contributed by atoms with Crippen molar-refractivity contribution in [3.05, 3.63) is 89.0 Å². The van der Waals surface area contributed by atoms with Crippen LogP contribution in [0.5, 0.6) is 5.75 Å². The topological polar surface area (TPSA) is 106 Å². The van der Waals surface area contributed by atoms with Crippen molar-refractivity contribution in [1.29, 1.82) is 5.41 Å². The molecule has 0 aromatic heterocycles. The van der Waals surface area contributed by atoms with Gasteiger partial charge < -0.3 is 20.3 Å². The van der Waals surface area contributed by atoms with Crippen molar-refractivity contribution < 1.29 is 19.4 Å². The van der Waals surface area contributed by atoms with Gasteiger partial charge in [-0.1, -0.05) is 30.3 Å². The van der Waals surface area contributed by atoms with E-state index in [-0.39, 0.29) is 19.0 Å². The van der Waals surface area contributed by atoms with Crippen LogP contribution in [0.15, 0.2) is 66.7 Å². The maximum absolute atomic E-state index is 12.1. The summed E-state index contributed by atoms with van der Waals surface area (Å²) in [6.45, 7) is 0.171. The highest BCUT2D eigenvalue weighted by Gasteiger charge is 2.11. The zero-order valence-electron chi connectivity index (χ0n) is 16.0. The van der Waals surface area contributed by atoms with Crippen LogP contribution in [0.1, 0.15) is 27.0 Å². The number of carbonyl (C=O) groups excluding carboxylic acids is 1. The Kier molecular flexibility index (Phi) is 6.26. The Hall–Kier alpha value is -3.64. The molecule has 0 aliphatic heterocycles. The van der Waals surface area contributed by atoms with Crippen molar-refractivity contribution in [1.82, 2.24) is 0 Å². The highest BCUT2D eigenvalue weighted by Crippen LogP contribution is 2.25. The predicted octanol–water partition coefficient (Wildman–Crippen LogP) is 3.50. The van der Waals surface area contributed by atoms with Crippen molar-refractivity contribution >= 4 is 11.8 Å². The molecule has 0 unspecified atom stereocenters. The number of carbonyl (C=O) groups is 1. The van der Waals surface area contributed by atoms with Crippen LogP contribution in [0.4, 0.5) is 0 Å². The molecule has 0 amide bonds. The quantitative estimate of drug-likeness (QED) is 0.325. The summed E-state index contributed by atoms with van der Waals surface area (Å²) in [6.07, 6.45) is 0. The highest BCUT2D eigenvalue weighted by atomic mass is 16.5. The van der Waals surface area contributed by atoms with Gasteiger partial charge in [-0.2, -0.15) is 0 Å². The number of nitrogen functional groups attached to an aromatic ring is 1. The maximum atomic E-state index is 12.1. The Morgan fingerprint density at radius 3 is 2.45 bits per heavy atom. The van der Waals surface area contributed by atoms with Crippen LogP contribution < -0.4 is 10.5 Å². The first-order chi connectivity index (χ1) is 14.0. The second kappa shape index (κ2) is 9.03. The fourth-order valence-corrected chi connectivity index (χ4v) is 2.94. The van der Waals surface area contributed by atoms with E-state index in [9.17, 15) is 9.90 Å². The summed E-state index contributed by atoms with van der Waals surface area (Å²) in [5, 5.41) is 16.9. The summed E-state index contributed by atoms with van der Waals surface area (Å²) in [5.41, 5.74) is 9.76. The second-order valence-corrected chi connectivity index (χ2v) is 6.50. The van der Waals surface area contributed by atoms with Gasteiger partial charge in [0.2, 0.25) is 0 Å². The largest absolute Gasteiger partial charge is 0.489 e. The third kappa shape index (κ3) is 5.00. The zero-order chi connectivity index (χ0) is 20.8. The molecule has 29 heavy (non-hydrogen) atoms. The average molecular weight is 390 g/mol. The van der Waals surface area contributed by atoms with Crippen molar-refractivity contribution in [3.63, 3.8) is 0 Å². The molecule has 0 heterocycles. The molecule has 3 rings (SSSR count). The number of amidine groups is 1. The first-order valence-corrected chi connectivity index (χ1v) is 9.00. The summed E-state index contributed by atoms with van der Waals surface area (Å²) < 4.78 is 10.7. The lowest BCUT2D eigenvalue weighted by Gasteiger charge is -2.12. The van der Waals surface area contributed by atoms with E-state index < -0.39 is 5.97 Å². The molecular weight excluding hydrogens is 368 g/mol. The first kappa shape index (κ1) is 20.1. The minimum atomic E-state index is -0.446. The van der Waals surface area contributed by atoms with Crippen molar-refractivity contribution in [2.45, 2.75) is 13.2 Å². The summed E-state index contributed by atoms with van der Waals surface area (Å²) in [6, 6.07) is 19.8. The molecular formula is C23H22N2O4. The summed E-state index contributed by atoms with van der Waals surface area (Å²) >= 11 is 0. The summed E-state index contributed by atoms with van der Waals surface area (Å²) in [5.74, 6) is 0.154. The van der Waals surface area contributed by atoms with E-state index in [0.29, 0.717) is 16.9 Å². The molecule has 0 fully saturated rings. The summed E-state index contributed by atoms with van der Waals surface area (Å²) in [7, 11) is 1.34. The molecule has 0 saturated carbocycles. The van der Waals surface area contributed by atoms with Crippen LogP contribution in [-0.2, 0) is 18.0 Å². The minimum absolute atomic E-state index is 0.0247. The van der Waals surface area contributed by atoms with Gasteiger partial charge in [0, 0.05) is 5.56 Å². The van der Waals surface area contributed by atoms with Gasteiger partial charge in [-0.15, -0.1) is 0 Å². The third-order valence-electron chi connectivity index (χ3n) is 4.41. The second-order valence-electron chi connectivity index (χ2n) is 6.50. The number of aliphatic hydroxyl groups is 1. The van der Waals surface area contributed by atoms with E-state index in [4.69, 9.17) is 20.6 Å². The smallest absolute Gasteiger partial charge is 0.337 e. The van der Waals surface area contributed by atoms with Crippen LogP contribution in [0.2, 0.25) is 0 Å². The Bertz CT molecular complexity index is 1050. The number of rotatable bonds is 7. The molecule has 148 valence electrons. The minimum Gasteiger partial charge on any atom is -0.489 e. The maximum Gasteiger partial charge on any atom is 0.337 e. The van der Waals surface area contributed by atoms with Gasteiger partial charge in [0.25, 0.3) is 0 Å². The van der Waals surface area contributed by atoms with E-state index in [0.717, 1.165) is 22.3 Å².